The maximum atomic E-state index is 4.18. The summed E-state index contributed by atoms with van der Waals surface area (Å²) in [4.78, 5) is 4.96. The van der Waals surface area contributed by atoms with Crippen LogP contribution in [0.2, 0.25) is 0 Å². The lowest BCUT2D eigenvalue weighted by Gasteiger charge is -2.38. The fourth-order valence-corrected chi connectivity index (χ4v) is 2.33. The molecule has 92 valence electrons. The molecule has 1 aliphatic carbocycles. The molecular formula is C13H25N3. The van der Waals surface area contributed by atoms with Crippen molar-refractivity contribution in [3.05, 3.63) is 12.2 Å². The third kappa shape index (κ3) is 3.58. The first-order valence-corrected chi connectivity index (χ1v) is 6.48. The minimum Gasteiger partial charge on any atom is -0.310 e. The molecule has 1 aliphatic heterocycles. The van der Waals surface area contributed by atoms with Crippen LogP contribution in [0.3, 0.4) is 0 Å². The molecule has 1 N–H and O–H groups in total. The summed E-state index contributed by atoms with van der Waals surface area (Å²) in [6.07, 6.45) is 2.72. The van der Waals surface area contributed by atoms with E-state index in [1.807, 2.05) is 0 Å². The average molecular weight is 223 g/mol. The predicted molar refractivity (Wildman–Crippen MR) is 68.7 cm³/mol. The minimum absolute atomic E-state index is 0.663. The van der Waals surface area contributed by atoms with Gasteiger partial charge < -0.3 is 10.2 Å². The lowest BCUT2D eigenvalue weighted by atomic mass is 10.1. The molecule has 3 heteroatoms. The van der Waals surface area contributed by atoms with Crippen molar-refractivity contribution >= 4 is 0 Å². The number of nitrogens with zero attached hydrogens (tertiary/aromatic N) is 2. The summed E-state index contributed by atoms with van der Waals surface area (Å²) in [6, 6.07) is 1.46. The van der Waals surface area contributed by atoms with Gasteiger partial charge in [-0.05, 0) is 32.4 Å². The number of hydrogen-bond acceptors (Lipinski definition) is 3. The predicted octanol–water partition coefficient (Wildman–Crippen LogP) is 0.930. The molecule has 0 aromatic carbocycles. The molecule has 0 spiro atoms. The Morgan fingerprint density at radius 3 is 2.75 bits per heavy atom. The zero-order chi connectivity index (χ0) is 11.5. The summed E-state index contributed by atoms with van der Waals surface area (Å²) in [6.45, 7) is 12.1. The Hall–Kier alpha value is -0.380. The van der Waals surface area contributed by atoms with Gasteiger partial charge in [0, 0.05) is 44.8 Å². The highest BCUT2D eigenvalue weighted by Gasteiger charge is 2.23. The third-order valence-corrected chi connectivity index (χ3v) is 3.61. The van der Waals surface area contributed by atoms with E-state index in [1.54, 1.807) is 0 Å². The molecule has 0 aromatic rings. The maximum Gasteiger partial charge on any atom is 0.0206 e. The van der Waals surface area contributed by atoms with Gasteiger partial charge in [-0.2, -0.15) is 0 Å². The first-order chi connectivity index (χ1) is 7.65. The number of nitrogens with one attached hydrogen (secondary N) is 1. The van der Waals surface area contributed by atoms with Gasteiger partial charge in [-0.15, -0.1) is 0 Å². The van der Waals surface area contributed by atoms with Crippen LogP contribution in [0, 0.1) is 0 Å². The van der Waals surface area contributed by atoms with Crippen molar-refractivity contribution in [2.45, 2.75) is 31.8 Å². The molecule has 0 aromatic heterocycles. The standard InChI is InChI=1S/C13H25N3/c1-11(8-14-13-4-5-13)9-16-7-6-15(3)10-12(16)2/h12-14H,1,4-10H2,2-3H3. The maximum absolute atomic E-state index is 4.18. The number of piperazine rings is 1. The number of likely N-dealkylation sites (N-methyl/N-ethyl adjacent to an activating group) is 1. The van der Waals surface area contributed by atoms with Crippen molar-refractivity contribution in [2.24, 2.45) is 0 Å². The Kier molecular flexibility index (Phi) is 4.00. The Bertz CT molecular complexity index is 248. The van der Waals surface area contributed by atoms with E-state index in [9.17, 15) is 0 Å². The highest BCUT2D eigenvalue weighted by atomic mass is 15.3. The fourth-order valence-electron chi connectivity index (χ4n) is 2.33. The average Bonchev–Trinajstić information content (AvgIpc) is 3.03. The molecule has 0 radical (unpaired) electrons. The van der Waals surface area contributed by atoms with Gasteiger partial charge in [0.1, 0.15) is 0 Å². The van der Waals surface area contributed by atoms with Gasteiger partial charge in [0.25, 0.3) is 0 Å². The topological polar surface area (TPSA) is 18.5 Å². The van der Waals surface area contributed by atoms with Crippen molar-refractivity contribution in [3.8, 4) is 0 Å². The Labute approximate surface area is 99.5 Å². The summed E-state index contributed by atoms with van der Waals surface area (Å²) in [5, 5.41) is 3.53. The molecule has 1 saturated carbocycles. The van der Waals surface area contributed by atoms with E-state index in [0.717, 1.165) is 19.1 Å². The first kappa shape index (κ1) is 12.1. The van der Waals surface area contributed by atoms with Crippen LogP contribution < -0.4 is 5.32 Å². The number of rotatable bonds is 5. The van der Waals surface area contributed by atoms with Gasteiger partial charge in [0.05, 0.1) is 0 Å². The summed E-state index contributed by atoms with van der Waals surface area (Å²) in [5.41, 5.74) is 1.34. The molecule has 2 rings (SSSR count). The second kappa shape index (κ2) is 5.30. The second-order valence-electron chi connectivity index (χ2n) is 5.49. The smallest absolute Gasteiger partial charge is 0.0206 e. The van der Waals surface area contributed by atoms with Gasteiger partial charge in [-0.25, -0.2) is 0 Å². The largest absolute Gasteiger partial charge is 0.310 e. The summed E-state index contributed by atoms with van der Waals surface area (Å²) >= 11 is 0. The second-order valence-corrected chi connectivity index (χ2v) is 5.49. The zero-order valence-corrected chi connectivity index (χ0v) is 10.7. The molecule has 1 saturated heterocycles. The van der Waals surface area contributed by atoms with Crippen LogP contribution in [0.1, 0.15) is 19.8 Å². The summed E-state index contributed by atoms with van der Waals surface area (Å²) in [7, 11) is 2.21. The SMILES string of the molecule is C=C(CNC1CC1)CN1CCN(C)CC1C. The molecule has 2 fully saturated rings. The first-order valence-electron chi connectivity index (χ1n) is 6.48. The van der Waals surface area contributed by atoms with Crippen molar-refractivity contribution in [2.75, 3.05) is 39.8 Å². The third-order valence-electron chi connectivity index (χ3n) is 3.61. The Morgan fingerprint density at radius 1 is 1.38 bits per heavy atom. The van der Waals surface area contributed by atoms with Crippen molar-refractivity contribution in [1.29, 1.82) is 0 Å². The van der Waals surface area contributed by atoms with Crippen LogP contribution in [0.25, 0.3) is 0 Å². The lowest BCUT2D eigenvalue weighted by molar-refractivity contribution is 0.109. The highest BCUT2D eigenvalue weighted by Crippen LogP contribution is 2.18. The molecule has 1 unspecified atom stereocenters. The summed E-state index contributed by atoms with van der Waals surface area (Å²) in [5.74, 6) is 0. The van der Waals surface area contributed by atoms with Crippen LogP contribution in [0.5, 0.6) is 0 Å². The van der Waals surface area contributed by atoms with E-state index in [-0.39, 0.29) is 0 Å². The molecule has 0 bridgehead atoms. The van der Waals surface area contributed by atoms with E-state index in [1.165, 1.54) is 38.0 Å². The van der Waals surface area contributed by atoms with Crippen molar-refractivity contribution in [1.82, 2.24) is 15.1 Å². The molecule has 0 amide bonds. The van der Waals surface area contributed by atoms with Crippen LogP contribution >= 0.6 is 0 Å². The Morgan fingerprint density at radius 2 is 2.12 bits per heavy atom. The Balaban J connectivity index is 1.68. The number of hydrogen-bond donors (Lipinski definition) is 1. The van der Waals surface area contributed by atoms with E-state index in [2.05, 4.69) is 35.7 Å². The normalized spacial score (nSPS) is 28.2. The van der Waals surface area contributed by atoms with Crippen LogP contribution in [-0.2, 0) is 0 Å². The van der Waals surface area contributed by atoms with Gasteiger partial charge in [0.2, 0.25) is 0 Å². The van der Waals surface area contributed by atoms with Gasteiger partial charge in [-0.3, -0.25) is 4.90 Å². The molecule has 1 atom stereocenters. The van der Waals surface area contributed by atoms with E-state index in [4.69, 9.17) is 0 Å². The van der Waals surface area contributed by atoms with Gasteiger partial charge in [0.15, 0.2) is 0 Å². The van der Waals surface area contributed by atoms with Crippen molar-refractivity contribution < 1.29 is 0 Å². The zero-order valence-electron chi connectivity index (χ0n) is 10.7. The van der Waals surface area contributed by atoms with Crippen LogP contribution in [-0.4, -0.2) is 61.7 Å². The monoisotopic (exact) mass is 223 g/mol. The molecular weight excluding hydrogens is 198 g/mol. The van der Waals surface area contributed by atoms with Crippen LogP contribution in [0.15, 0.2) is 12.2 Å². The minimum atomic E-state index is 0.663. The van der Waals surface area contributed by atoms with E-state index < -0.39 is 0 Å². The van der Waals surface area contributed by atoms with Gasteiger partial charge >= 0.3 is 0 Å². The highest BCUT2D eigenvalue weighted by molar-refractivity contribution is 5.03. The molecule has 2 aliphatic rings. The van der Waals surface area contributed by atoms with Gasteiger partial charge in [-0.1, -0.05) is 6.58 Å². The molecule has 1 heterocycles. The van der Waals surface area contributed by atoms with E-state index in [0.29, 0.717) is 6.04 Å². The fraction of sp³-hybridized carbons (Fsp3) is 0.846. The molecule has 16 heavy (non-hydrogen) atoms. The van der Waals surface area contributed by atoms with Crippen LogP contribution in [0.4, 0.5) is 0 Å². The lowest BCUT2D eigenvalue weighted by Crippen LogP contribution is -2.51. The molecule has 3 nitrogen and oxygen atoms in total. The quantitative estimate of drug-likeness (QED) is 0.700. The summed E-state index contributed by atoms with van der Waals surface area (Å²) < 4.78 is 0. The van der Waals surface area contributed by atoms with Crippen molar-refractivity contribution in [3.63, 3.8) is 0 Å². The van der Waals surface area contributed by atoms with E-state index >= 15 is 0 Å².